The van der Waals surface area contributed by atoms with Gasteiger partial charge in [0.1, 0.15) is 5.58 Å². The van der Waals surface area contributed by atoms with Crippen LogP contribution in [0.5, 0.6) is 0 Å². The molecule has 0 aliphatic carbocycles. The van der Waals surface area contributed by atoms with Crippen LogP contribution in [-0.2, 0) is 16.1 Å². The molecule has 3 aromatic rings. The van der Waals surface area contributed by atoms with Crippen molar-refractivity contribution in [1.82, 2.24) is 4.90 Å². The zero-order valence-corrected chi connectivity index (χ0v) is 14.8. The first-order valence-corrected chi connectivity index (χ1v) is 8.53. The number of carbonyl (C=O) groups excluding carboxylic acids is 2. The minimum absolute atomic E-state index is 0.00684. The summed E-state index contributed by atoms with van der Waals surface area (Å²) in [7, 11) is 0. The van der Waals surface area contributed by atoms with E-state index >= 15 is 0 Å². The van der Waals surface area contributed by atoms with Crippen LogP contribution < -0.4 is 0 Å². The molecule has 1 heterocycles. The molecule has 0 aliphatic heterocycles. The van der Waals surface area contributed by atoms with Crippen molar-refractivity contribution in [1.29, 1.82) is 0 Å². The third-order valence-electron chi connectivity index (χ3n) is 4.09. The lowest BCUT2D eigenvalue weighted by Crippen LogP contribution is -2.39. The summed E-state index contributed by atoms with van der Waals surface area (Å²) in [5.41, 5.74) is 1.64. The smallest absolute Gasteiger partial charge is 0.374 e. The maximum atomic E-state index is 12.5. The van der Waals surface area contributed by atoms with Crippen LogP contribution in [0, 0.1) is 0 Å². The van der Waals surface area contributed by atoms with Gasteiger partial charge >= 0.3 is 5.97 Å². The third-order valence-corrected chi connectivity index (χ3v) is 4.09. The van der Waals surface area contributed by atoms with Crippen LogP contribution in [0.1, 0.15) is 30.0 Å². The Kier molecular flexibility index (Phi) is 5.37. The maximum absolute atomic E-state index is 12.5. The Balaban J connectivity index is 1.63. The Hall–Kier alpha value is -3.08. The summed E-state index contributed by atoms with van der Waals surface area (Å²) in [5, 5.41) is 0.818. The first kappa shape index (κ1) is 17.7. The van der Waals surface area contributed by atoms with Crippen molar-refractivity contribution in [2.24, 2.45) is 0 Å². The highest BCUT2D eigenvalue weighted by molar-refractivity contribution is 5.93. The third kappa shape index (κ3) is 4.11. The molecule has 0 saturated carbocycles. The fourth-order valence-corrected chi connectivity index (χ4v) is 2.70. The second-order valence-electron chi connectivity index (χ2n) is 6.33. The van der Waals surface area contributed by atoms with E-state index in [2.05, 4.69) is 0 Å². The van der Waals surface area contributed by atoms with E-state index in [4.69, 9.17) is 9.15 Å². The second-order valence-corrected chi connectivity index (χ2v) is 6.33. The van der Waals surface area contributed by atoms with Crippen LogP contribution in [-0.4, -0.2) is 29.4 Å². The fourth-order valence-electron chi connectivity index (χ4n) is 2.70. The van der Waals surface area contributed by atoms with Crippen LogP contribution >= 0.6 is 0 Å². The topological polar surface area (TPSA) is 59.8 Å². The number of para-hydroxylation sites is 1. The summed E-state index contributed by atoms with van der Waals surface area (Å²) in [6, 6.07) is 18.6. The number of nitrogens with zero attached hydrogens (tertiary/aromatic N) is 1. The minimum Gasteiger partial charge on any atom is -0.450 e. The lowest BCUT2D eigenvalue weighted by atomic mass is 10.2. The van der Waals surface area contributed by atoms with Crippen LogP contribution in [0.3, 0.4) is 0 Å². The highest BCUT2D eigenvalue weighted by atomic mass is 16.5. The average Bonchev–Trinajstić information content (AvgIpc) is 3.09. The van der Waals surface area contributed by atoms with E-state index in [1.165, 1.54) is 0 Å². The van der Waals surface area contributed by atoms with E-state index in [9.17, 15) is 9.59 Å². The molecule has 0 aliphatic rings. The summed E-state index contributed by atoms with van der Waals surface area (Å²) in [6.45, 7) is 4.02. The molecule has 3 rings (SSSR count). The zero-order valence-electron chi connectivity index (χ0n) is 14.8. The van der Waals surface area contributed by atoms with Crippen LogP contribution in [0.2, 0.25) is 0 Å². The highest BCUT2D eigenvalue weighted by Crippen LogP contribution is 2.19. The summed E-state index contributed by atoms with van der Waals surface area (Å²) in [4.78, 5) is 26.4. The van der Waals surface area contributed by atoms with Gasteiger partial charge in [0.25, 0.3) is 5.91 Å². The van der Waals surface area contributed by atoms with E-state index in [-0.39, 0.29) is 24.3 Å². The minimum atomic E-state index is -0.641. The van der Waals surface area contributed by atoms with Gasteiger partial charge in [0.05, 0.1) is 0 Å². The van der Waals surface area contributed by atoms with Crippen molar-refractivity contribution in [2.75, 3.05) is 6.61 Å². The van der Waals surface area contributed by atoms with E-state index in [0.29, 0.717) is 12.1 Å². The van der Waals surface area contributed by atoms with Gasteiger partial charge in [-0.2, -0.15) is 0 Å². The fraction of sp³-hybridized carbons (Fsp3) is 0.238. The summed E-state index contributed by atoms with van der Waals surface area (Å²) in [6.07, 6.45) is 0. The Bertz CT molecular complexity index is 866. The van der Waals surface area contributed by atoms with Crippen molar-refractivity contribution in [3.05, 3.63) is 72.0 Å². The Morgan fingerprint density at radius 2 is 1.73 bits per heavy atom. The summed E-state index contributed by atoms with van der Waals surface area (Å²) in [5.74, 6) is -0.788. The number of hydrogen-bond donors (Lipinski definition) is 0. The van der Waals surface area contributed by atoms with Crippen molar-refractivity contribution >= 4 is 22.8 Å². The first-order valence-electron chi connectivity index (χ1n) is 8.53. The van der Waals surface area contributed by atoms with Gasteiger partial charge in [-0.15, -0.1) is 0 Å². The van der Waals surface area contributed by atoms with Gasteiger partial charge in [-0.25, -0.2) is 4.79 Å². The number of fused-ring (bicyclic) bond motifs is 1. The molecule has 2 aromatic carbocycles. The number of amides is 1. The number of hydrogen-bond acceptors (Lipinski definition) is 4. The average molecular weight is 351 g/mol. The quantitative estimate of drug-likeness (QED) is 0.629. The Morgan fingerprint density at radius 3 is 2.42 bits per heavy atom. The SMILES string of the molecule is CC(C)N(Cc1ccccc1)C(=O)COC(=O)c1cc2ccccc2o1. The number of carbonyl (C=O) groups is 2. The van der Waals surface area contributed by atoms with Gasteiger partial charge in [-0.3, -0.25) is 4.79 Å². The molecule has 0 fully saturated rings. The number of ether oxygens (including phenoxy) is 1. The molecule has 0 N–H and O–H groups in total. The molecule has 0 unspecified atom stereocenters. The molecule has 0 saturated heterocycles. The summed E-state index contributed by atoms with van der Waals surface area (Å²) < 4.78 is 10.6. The van der Waals surface area contributed by atoms with Crippen LogP contribution in [0.25, 0.3) is 11.0 Å². The molecule has 0 atom stereocenters. The molecule has 1 aromatic heterocycles. The predicted molar refractivity (Wildman–Crippen MR) is 98.6 cm³/mol. The van der Waals surface area contributed by atoms with Gasteiger partial charge in [-0.05, 0) is 31.5 Å². The van der Waals surface area contributed by atoms with Crippen LogP contribution in [0.15, 0.2) is 65.1 Å². The molecule has 134 valence electrons. The molecule has 0 bridgehead atoms. The molecule has 1 amide bonds. The Labute approximate surface area is 152 Å². The van der Waals surface area contributed by atoms with Crippen molar-refractivity contribution in [3.8, 4) is 0 Å². The maximum Gasteiger partial charge on any atom is 0.374 e. The van der Waals surface area contributed by atoms with Crippen molar-refractivity contribution in [3.63, 3.8) is 0 Å². The standard InChI is InChI=1S/C21H21NO4/c1-15(2)22(13-16-8-4-3-5-9-16)20(23)14-25-21(24)19-12-17-10-6-7-11-18(17)26-19/h3-12,15H,13-14H2,1-2H3. The Morgan fingerprint density at radius 1 is 1.04 bits per heavy atom. The molecule has 0 radical (unpaired) electrons. The van der Waals surface area contributed by atoms with Gasteiger partial charge in [-0.1, -0.05) is 48.5 Å². The van der Waals surface area contributed by atoms with Gasteiger partial charge in [0.15, 0.2) is 6.61 Å². The second kappa shape index (κ2) is 7.87. The normalized spacial score (nSPS) is 10.9. The van der Waals surface area contributed by atoms with Crippen molar-refractivity contribution < 1.29 is 18.7 Å². The predicted octanol–water partition coefficient (Wildman–Crippen LogP) is 4.03. The van der Waals surface area contributed by atoms with E-state index in [1.54, 1.807) is 17.0 Å². The van der Waals surface area contributed by atoms with Crippen molar-refractivity contribution in [2.45, 2.75) is 26.4 Å². The van der Waals surface area contributed by atoms with Gasteiger partial charge < -0.3 is 14.1 Å². The van der Waals surface area contributed by atoms with E-state index in [0.717, 1.165) is 10.9 Å². The van der Waals surface area contributed by atoms with Gasteiger partial charge in [0, 0.05) is 18.0 Å². The first-order chi connectivity index (χ1) is 12.5. The van der Waals surface area contributed by atoms with E-state index in [1.807, 2.05) is 62.4 Å². The number of rotatable bonds is 6. The molecule has 26 heavy (non-hydrogen) atoms. The van der Waals surface area contributed by atoms with E-state index < -0.39 is 5.97 Å². The molecule has 5 nitrogen and oxygen atoms in total. The number of esters is 1. The summed E-state index contributed by atoms with van der Waals surface area (Å²) >= 11 is 0. The molecule has 0 spiro atoms. The molecular weight excluding hydrogens is 330 g/mol. The van der Waals surface area contributed by atoms with Gasteiger partial charge in [0.2, 0.25) is 5.76 Å². The lowest BCUT2D eigenvalue weighted by molar-refractivity contribution is -0.137. The highest BCUT2D eigenvalue weighted by Gasteiger charge is 2.21. The molecular formula is C21H21NO4. The lowest BCUT2D eigenvalue weighted by Gasteiger charge is -2.26. The zero-order chi connectivity index (χ0) is 18.5. The number of furan rings is 1. The monoisotopic (exact) mass is 351 g/mol. The largest absolute Gasteiger partial charge is 0.450 e. The molecule has 5 heteroatoms. The number of benzene rings is 2. The van der Waals surface area contributed by atoms with Crippen LogP contribution in [0.4, 0.5) is 0 Å².